The second kappa shape index (κ2) is 6.81. The van der Waals surface area contributed by atoms with E-state index in [0.29, 0.717) is 11.1 Å². The van der Waals surface area contributed by atoms with E-state index < -0.39 is 0 Å². The molecule has 1 fully saturated rings. The Morgan fingerprint density at radius 3 is 2.76 bits per heavy atom. The summed E-state index contributed by atoms with van der Waals surface area (Å²) in [7, 11) is 0. The van der Waals surface area contributed by atoms with Crippen LogP contribution in [0.3, 0.4) is 0 Å². The van der Waals surface area contributed by atoms with Gasteiger partial charge in [0, 0.05) is 29.2 Å². The molecule has 0 saturated carbocycles. The molecule has 0 bridgehead atoms. The van der Waals surface area contributed by atoms with Gasteiger partial charge in [0.25, 0.3) is 0 Å². The molecule has 5 heteroatoms. The van der Waals surface area contributed by atoms with E-state index in [0.717, 1.165) is 30.2 Å². The van der Waals surface area contributed by atoms with Crippen LogP contribution in [0.2, 0.25) is 10.0 Å². The Bertz CT molecular complexity index is 371. The smallest absolute Gasteiger partial charge is 0.0465 e. The monoisotopic (exact) mass is 294 g/mol. The van der Waals surface area contributed by atoms with Crippen molar-refractivity contribution in [2.75, 3.05) is 13.1 Å². The highest BCUT2D eigenvalue weighted by Crippen LogP contribution is 2.25. The Morgan fingerprint density at radius 1 is 1.35 bits per heavy atom. The summed E-state index contributed by atoms with van der Waals surface area (Å²) in [5, 5.41) is 1.43. The third-order valence-corrected chi connectivity index (χ3v) is 3.75. The molecule has 2 N–H and O–H groups in total. The van der Waals surface area contributed by atoms with Gasteiger partial charge in [-0.2, -0.15) is 0 Å². The van der Waals surface area contributed by atoms with Gasteiger partial charge in [-0.25, -0.2) is 0 Å². The molecule has 1 heterocycles. The van der Waals surface area contributed by atoms with Gasteiger partial charge in [-0.1, -0.05) is 29.3 Å². The minimum atomic E-state index is 0. The maximum atomic E-state index is 6.16. The van der Waals surface area contributed by atoms with Crippen LogP contribution in [0.25, 0.3) is 0 Å². The summed E-state index contributed by atoms with van der Waals surface area (Å²) in [4.78, 5) is 2.40. The number of nitrogens with two attached hydrogens (primary N) is 1. The molecule has 1 unspecified atom stereocenters. The lowest BCUT2D eigenvalue weighted by Crippen LogP contribution is -2.34. The highest BCUT2D eigenvalue weighted by Gasteiger charge is 2.23. The van der Waals surface area contributed by atoms with Crippen molar-refractivity contribution in [1.82, 2.24) is 4.90 Å². The molecule has 0 aromatic heterocycles. The van der Waals surface area contributed by atoms with Crippen molar-refractivity contribution in [3.05, 3.63) is 33.8 Å². The fourth-order valence-electron chi connectivity index (χ4n) is 2.24. The second-order valence-corrected chi connectivity index (χ2v) is 5.08. The molecule has 2 nitrogen and oxygen atoms in total. The first-order valence-corrected chi connectivity index (χ1v) is 6.34. The zero-order chi connectivity index (χ0) is 11.5. The van der Waals surface area contributed by atoms with Crippen LogP contribution in [0.4, 0.5) is 0 Å². The van der Waals surface area contributed by atoms with Crippen LogP contribution in [-0.4, -0.2) is 24.0 Å². The molecule has 0 spiro atoms. The lowest BCUT2D eigenvalue weighted by Gasteiger charge is -2.23. The number of halogens is 3. The SMILES string of the molecule is Cl.NCC1CCCN1Cc1ccc(Cl)cc1Cl. The first-order chi connectivity index (χ1) is 7.70. The van der Waals surface area contributed by atoms with E-state index in [2.05, 4.69) is 4.90 Å². The fourth-order valence-corrected chi connectivity index (χ4v) is 2.71. The summed E-state index contributed by atoms with van der Waals surface area (Å²) in [6, 6.07) is 6.19. The van der Waals surface area contributed by atoms with Crippen molar-refractivity contribution < 1.29 is 0 Å². The Labute approximate surface area is 118 Å². The fraction of sp³-hybridized carbons (Fsp3) is 0.500. The predicted molar refractivity (Wildman–Crippen MR) is 76.2 cm³/mol. The first-order valence-electron chi connectivity index (χ1n) is 5.58. The number of hydrogen-bond donors (Lipinski definition) is 1. The Kier molecular flexibility index (Phi) is 6.04. The Balaban J connectivity index is 0.00000144. The maximum Gasteiger partial charge on any atom is 0.0465 e. The molecule has 1 aromatic rings. The lowest BCUT2D eigenvalue weighted by atomic mass is 10.2. The molecule has 1 aromatic carbocycles. The first kappa shape index (κ1) is 15.1. The normalized spacial score (nSPS) is 20.3. The standard InChI is InChI=1S/C12H16Cl2N2.ClH/c13-10-4-3-9(12(14)6-10)8-16-5-1-2-11(16)7-15;/h3-4,6,11H,1-2,5,7-8,15H2;1H. The van der Waals surface area contributed by atoms with Gasteiger partial charge >= 0.3 is 0 Å². The quantitative estimate of drug-likeness (QED) is 0.927. The summed E-state index contributed by atoms with van der Waals surface area (Å²) in [6.07, 6.45) is 2.43. The van der Waals surface area contributed by atoms with Crippen LogP contribution in [0.15, 0.2) is 18.2 Å². The number of likely N-dealkylation sites (tertiary alicyclic amines) is 1. The largest absolute Gasteiger partial charge is 0.329 e. The van der Waals surface area contributed by atoms with Crippen LogP contribution in [-0.2, 0) is 6.54 Å². The Hall–Kier alpha value is 0.01000. The van der Waals surface area contributed by atoms with Crippen LogP contribution >= 0.6 is 35.6 Å². The third kappa shape index (κ3) is 3.73. The maximum absolute atomic E-state index is 6.16. The van der Waals surface area contributed by atoms with Crippen molar-refractivity contribution in [3.63, 3.8) is 0 Å². The van der Waals surface area contributed by atoms with E-state index in [9.17, 15) is 0 Å². The predicted octanol–water partition coefficient (Wildman–Crippen LogP) is 3.34. The summed E-state index contributed by atoms with van der Waals surface area (Å²) >= 11 is 12.0. The third-order valence-electron chi connectivity index (χ3n) is 3.16. The zero-order valence-corrected chi connectivity index (χ0v) is 11.9. The van der Waals surface area contributed by atoms with Crippen molar-refractivity contribution in [2.45, 2.75) is 25.4 Å². The summed E-state index contributed by atoms with van der Waals surface area (Å²) in [5.74, 6) is 0. The van der Waals surface area contributed by atoms with Crippen molar-refractivity contribution in [3.8, 4) is 0 Å². The molecule has 0 amide bonds. The minimum absolute atomic E-state index is 0. The van der Waals surface area contributed by atoms with Crippen LogP contribution < -0.4 is 5.73 Å². The highest BCUT2D eigenvalue weighted by atomic mass is 35.5. The number of nitrogens with zero attached hydrogens (tertiary/aromatic N) is 1. The number of benzene rings is 1. The van der Waals surface area contributed by atoms with Crippen molar-refractivity contribution in [2.24, 2.45) is 5.73 Å². The van der Waals surface area contributed by atoms with E-state index in [1.807, 2.05) is 12.1 Å². The van der Waals surface area contributed by atoms with Gasteiger partial charge in [-0.05, 0) is 37.1 Å². The minimum Gasteiger partial charge on any atom is -0.329 e. The molecule has 2 rings (SSSR count). The van der Waals surface area contributed by atoms with Crippen molar-refractivity contribution in [1.29, 1.82) is 0 Å². The summed E-state index contributed by atoms with van der Waals surface area (Å²) in [6.45, 7) is 2.71. The van der Waals surface area contributed by atoms with E-state index >= 15 is 0 Å². The molecule has 1 atom stereocenters. The van der Waals surface area contributed by atoms with Gasteiger partial charge in [-0.15, -0.1) is 12.4 Å². The van der Waals surface area contributed by atoms with Gasteiger partial charge in [-0.3, -0.25) is 4.90 Å². The van der Waals surface area contributed by atoms with E-state index in [1.54, 1.807) is 6.07 Å². The molecule has 0 radical (unpaired) electrons. The van der Waals surface area contributed by atoms with E-state index in [4.69, 9.17) is 28.9 Å². The summed E-state index contributed by atoms with van der Waals surface area (Å²) in [5.41, 5.74) is 6.88. The van der Waals surface area contributed by atoms with Crippen LogP contribution in [0, 0.1) is 0 Å². The molecular weight excluding hydrogens is 279 g/mol. The van der Waals surface area contributed by atoms with E-state index in [-0.39, 0.29) is 12.4 Å². The zero-order valence-electron chi connectivity index (χ0n) is 9.53. The van der Waals surface area contributed by atoms with Gasteiger partial charge in [0.1, 0.15) is 0 Å². The van der Waals surface area contributed by atoms with E-state index in [1.165, 1.54) is 12.8 Å². The topological polar surface area (TPSA) is 29.3 Å². The van der Waals surface area contributed by atoms with Gasteiger partial charge in [0.15, 0.2) is 0 Å². The van der Waals surface area contributed by atoms with Gasteiger partial charge < -0.3 is 5.73 Å². The lowest BCUT2D eigenvalue weighted by molar-refractivity contribution is 0.250. The molecule has 1 saturated heterocycles. The van der Waals surface area contributed by atoms with Gasteiger partial charge in [0.05, 0.1) is 0 Å². The van der Waals surface area contributed by atoms with Crippen LogP contribution in [0.1, 0.15) is 18.4 Å². The highest BCUT2D eigenvalue weighted by molar-refractivity contribution is 6.35. The molecule has 17 heavy (non-hydrogen) atoms. The van der Waals surface area contributed by atoms with Crippen LogP contribution in [0.5, 0.6) is 0 Å². The molecule has 1 aliphatic heterocycles. The summed E-state index contributed by atoms with van der Waals surface area (Å²) < 4.78 is 0. The van der Waals surface area contributed by atoms with Crippen molar-refractivity contribution >= 4 is 35.6 Å². The number of rotatable bonds is 3. The molecule has 0 aliphatic carbocycles. The average molecular weight is 296 g/mol. The second-order valence-electron chi connectivity index (χ2n) is 4.24. The Morgan fingerprint density at radius 2 is 2.12 bits per heavy atom. The molecule has 96 valence electrons. The van der Waals surface area contributed by atoms with Gasteiger partial charge in [0.2, 0.25) is 0 Å². The number of hydrogen-bond acceptors (Lipinski definition) is 2. The molecule has 1 aliphatic rings. The molecular formula is C12H17Cl3N2. The average Bonchev–Trinajstić information content (AvgIpc) is 2.69.